The van der Waals surface area contributed by atoms with Crippen LogP contribution >= 0.6 is 0 Å². The summed E-state index contributed by atoms with van der Waals surface area (Å²) in [4.78, 5) is 22.9. The lowest BCUT2D eigenvalue weighted by atomic mass is 10.2. The molecule has 104 valence electrons. The summed E-state index contributed by atoms with van der Waals surface area (Å²) in [7, 11) is 0. The smallest absolute Gasteiger partial charge is 0.341 e. The number of nitrogens with one attached hydrogen (secondary N) is 1. The minimum atomic E-state index is -0.892. The third-order valence-corrected chi connectivity index (χ3v) is 2.57. The number of esters is 1. The molecule has 19 heavy (non-hydrogen) atoms. The molecule has 0 fully saturated rings. The zero-order valence-corrected chi connectivity index (χ0v) is 10.9. The predicted octanol–water partition coefficient (Wildman–Crippen LogP) is 1.48. The summed E-state index contributed by atoms with van der Waals surface area (Å²) in [6.45, 7) is 3.31. The Bertz CT molecular complexity index is 477. The third-order valence-electron chi connectivity index (χ3n) is 2.57. The van der Waals surface area contributed by atoms with Crippen molar-refractivity contribution in [3.8, 4) is 0 Å². The van der Waals surface area contributed by atoms with Gasteiger partial charge in [-0.15, -0.1) is 0 Å². The molecule has 1 aromatic carbocycles. The molecule has 0 radical (unpaired) electrons. The molecule has 0 aliphatic carbocycles. The zero-order chi connectivity index (χ0) is 14.4. The van der Waals surface area contributed by atoms with E-state index in [0.29, 0.717) is 0 Å². The van der Waals surface area contributed by atoms with Gasteiger partial charge < -0.3 is 15.8 Å². The quantitative estimate of drug-likeness (QED) is 0.626. The molecule has 0 spiro atoms. The highest BCUT2D eigenvalue weighted by Gasteiger charge is 2.15. The Morgan fingerprint density at radius 3 is 2.74 bits per heavy atom. The van der Waals surface area contributed by atoms with Crippen molar-refractivity contribution in [3.05, 3.63) is 29.6 Å². The molecule has 6 heteroatoms. The number of amides is 1. The lowest BCUT2D eigenvalue weighted by Gasteiger charge is -2.11. The van der Waals surface area contributed by atoms with Crippen molar-refractivity contribution in [2.45, 2.75) is 26.3 Å². The molecule has 1 aromatic rings. The molecule has 0 heterocycles. The van der Waals surface area contributed by atoms with Crippen LogP contribution in [-0.4, -0.2) is 24.5 Å². The number of ether oxygens (including phenoxy) is 1. The molecular formula is C13H17FN2O3. The summed E-state index contributed by atoms with van der Waals surface area (Å²) in [5, 5.41) is 2.63. The fourth-order valence-corrected chi connectivity index (χ4v) is 1.32. The van der Waals surface area contributed by atoms with Crippen LogP contribution in [0.1, 0.15) is 30.6 Å². The number of nitrogen functional groups attached to an aromatic ring is 1. The minimum absolute atomic E-state index is 0.000498. The van der Waals surface area contributed by atoms with E-state index in [1.54, 1.807) is 0 Å². The average molecular weight is 268 g/mol. The molecular weight excluding hydrogens is 251 g/mol. The highest BCUT2D eigenvalue weighted by Crippen LogP contribution is 2.12. The molecule has 1 rings (SSSR count). The molecule has 1 amide bonds. The number of hydrogen-bond donors (Lipinski definition) is 2. The molecule has 0 aliphatic rings. The van der Waals surface area contributed by atoms with Crippen LogP contribution in [0.25, 0.3) is 0 Å². The van der Waals surface area contributed by atoms with E-state index in [0.717, 1.165) is 12.5 Å². The van der Waals surface area contributed by atoms with E-state index in [9.17, 15) is 14.0 Å². The van der Waals surface area contributed by atoms with Crippen LogP contribution in [0.15, 0.2) is 18.2 Å². The van der Waals surface area contributed by atoms with Gasteiger partial charge in [0.25, 0.3) is 5.91 Å². The highest BCUT2D eigenvalue weighted by molar-refractivity contribution is 5.91. The van der Waals surface area contributed by atoms with Gasteiger partial charge in [-0.3, -0.25) is 4.79 Å². The lowest BCUT2D eigenvalue weighted by molar-refractivity contribution is -0.124. The van der Waals surface area contributed by atoms with Crippen molar-refractivity contribution in [1.82, 2.24) is 5.32 Å². The second-order valence-electron chi connectivity index (χ2n) is 4.19. The molecule has 0 saturated heterocycles. The zero-order valence-electron chi connectivity index (χ0n) is 10.9. The van der Waals surface area contributed by atoms with Crippen molar-refractivity contribution in [1.29, 1.82) is 0 Å². The van der Waals surface area contributed by atoms with Crippen molar-refractivity contribution >= 4 is 17.6 Å². The first kappa shape index (κ1) is 14.9. The van der Waals surface area contributed by atoms with Gasteiger partial charge in [0, 0.05) is 11.7 Å². The number of halogens is 1. The van der Waals surface area contributed by atoms with E-state index in [4.69, 9.17) is 10.5 Å². The van der Waals surface area contributed by atoms with Crippen molar-refractivity contribution in [2.75, 3.05) is 12.3 Å². The SMILES string of the molecule is CCC(C)NC(=O)COC(=O)c1ccc(N)cc1F. The molecule has 0 saturated carbocycles. The monoisotopic (exact) mass is 268 g/mol. The predicted molar refractivity (Wildman–Crippen MR) is 69.0 cm³/mol. The maximum atomic E-state index is 13.4. The largest absolute Gasteiger partial charge is 0.452 e. The Balaban J connectivity index is 2.54. The number of anilines is 1. The standard InChI is InChI=1S/C13H17FN2O3/c1-3-8(2)16-12(17)7-19-13(18)10-5-4-9(15)6-11(10)14/h4-6,8H,3,7,15H2,1-2H3,(H,16,17). The van der Waals surface area contributed by atoms with E-state index in [1.165, 1.54) is 12.1 Å². The molecule has 0 bridgehead atoms. The van der Waals surface area contributed by atoms with Crippen molar-refractivity contribution in [2.24, 2.45) is 0 Å². The second kappa shape index (κ2) is 6.72. The molecule has 3 N–H and O–H groups in total. The topological polar surface area (TPSA) is 81.4 Å². The van der Waals surface area contributed by atoms with E-state index in [1.807, 2.05) is 13.8 Å². The molecule has 5 nitrogen and oxygen atoms in total. The number of carbonyl (C=O) groups is 2. The van der Waals surface area contributed by atoms with E-state index in [-0.39, 0.29) is 17.3 Å². The van der Waals surface area contributed by atoms with Crippen LogP contribution in [0.4, 0.5) is 10.1 Å². The number of benzene rings is 1. The Labute approximate surface area is 110 Å². The van der Waals surface area contributed by atoms with E-state index >= 15 is 0 Å². The Morgan fingerprint density at radius 2 is 2.16 bits per heavy atom. The Hall–Kier alpha value is -2.11. The fourth-order valence-electron chi connectivity index (χ4n) is 1.32. The van der Waals surface area contributed by atoms with Crippen LogP contribution in [0, 0.1) is 5.82 Å². The third kappa shape index (κ3) is 4.57. The Morgan fingerprint density at radius 1 is 1.47 bits per heavy atom. The van der Waals surface area contributed by atoms with Gasteiger partial charge in [-0.2, -0.15) is 0 Å². The first-order valence-electron chi connectivity index (χ1n) is 5.95. The maximum Gasteiger partial charge on any atom is 0.341 e. The summed E-state index contributed by atoms with van der Waals surface area (Å²) in [5.74, 6) is -2.08. The normalized spacial score (nSPS) is 11.7. The van der Waals surface area contributed by atoms with Crippen LogP contribution < -0.4 is 11.1 Å². The van der Waals surface area contributed by atoms with E-state index in [2.05, 4.69) is 5.32 Å². The molecule has 1 atom stereocenters. The summed E-state index contributed by atoms with van der Waals surface area (Å²) in [6.07, 6.45) is 0.770. The molecule has 0 aliphatic heterocycles. The van der Waals surface area contributed by atoms with Crippen LogP contribution in [0.2, 0.25) is 0 Å². The minimum Gasteiger partial charge on any atom is -0.452 e. The van der Waals surface area contributed by atoms with E-state index < -0.39 is 24.3 Å². The van der Waals surface area contributed by atoms with Crippen LogP contribution in [-0.2, 0) is 9.53 Å². The van der Waals surface area contributed by atoms with Crippen LogP contribution in [0.5, 0.6) is 0 Å². The first-order valence-corrected chi connectivity index (χ1v) is 5.95. The fraction of sp³-hybridized carbons (Fsp3) is 0.385. The highest BCUT2D eigenvalue weighted by atomic mass is 19.1. The van der Waals surface area contributed by atoms with Crippen molar-refractivity contribution < 1.29 is 18.7 Å². The van der Waals surface area contributed by atoms with Crippen molar-refractivity contribution in [3.63, 3.8) is 0 Å². The number of hydrogen-bond acceptors (Lipinski definition) is 4. The maximum absolute atomic E-state index is 13.4. The number of nitrogens with two attached hydrogens (primary N) is 1. The van der Waals surface area contributed by atoms with Gasteiger partial charge in [0.15, 0.2) is 6.61 Å². The van der Waals surface area contributed by atoms with Gasteiger partial charge in [-0.1, -0.05) is 6.92 Å². The average Bonchev–Trinajstić information content (AvgIpc) is 2.35. The summed E-state index contributed by atoms with van der Waals surface area (Å²) >= 11 is 0. The number of rotatable bonds is 5. The van der Waals surface area contributed by atoms with Crippen LogP contribution in [0.3, 0.4) is 0 Å². The Kier molecular flexibility index (Phi) is 5.29. The van der Waals surface area contributed by atoms with Gasteiger partial charge in [-0.25, -0.2) is 9.18 Å². The lowest BCUT2D eigenvalue weighted by Crippen LogP contribution is -2.35. The summed E-state index contributed by atoms with van der Waals surface area (Å²) in [6, 6.07) is 3.63. The van der Waals surface area contributed by atoms with Gasteiger partial charge in [0.1, 0.15) is 5.82 Å². The molecule has 1 unspecified atom stereocenters. The van der Waals surface area contributed by atoms with Gasteiger partial charge >= 0.3 is 5.97 Å². The van der Waals surface area contributed by atoms with Gasteiger partial charge in [0.2, 0.25) is 0 Å². The number of carbonyl (C=O) groups excluding carboxylic acids is 2. The first-order chi connectivity index (χ1) is 8.93. The second-order valence-corrected chi connectivity index (χ2v) is 4.19. The molecule has 0 aromatic heterocycles. The summed E-state index contributed by atoms with van der Waals surface area (Å²) < 4.78 is 18.1. The summed E-state index contributed by atoms with van der Waals surface area (Å²) in [5.41, 5.74) is 5.33. The van der Waals surface area contributed by atoms with Gasteiger partial charge in [-0.05, 0) is 31.5 Å². The van der Waals surface area contributed by atoms with Gasteiger partial charge in [0.05, 0.1) is 5.56 Å².